The maximum absolute atomic E-state index is 12.3. The number of benzene rings is 1. The van der Waals surface area contributed by atoms with Crippen molar-refractivity contribution in [2.24, 2.45) is 0 Å². The van der Waals surface area contributed by atoms with Crippen molar-refractivity contribution in [1.82, 2.24) is 4.90 Å². The number of carbonyl (C=O) groups excluding carboxylic acids is 1. The number of aliphatic carboxylic acids is 1. The van der Waals surface area contributed by atoms with Gasteiger partial charge in [-0.3, -0.25) is 14.5 Å². The molecule has 6 heteroatoms. The maximum Gasteiger partial charge on any atom is 0.317 e. The molecule has 0 aliphatic carbocycles. The third-order valence-electron chi connectivity index (χ3n) is 3.43. The molecule has 0 fully saturated rings. The van der Waals surface area contributed by atoms with Crippen LogP contribution >= 0.6 is 12.4 Å². The molecule has 1 amide bonds. The molecule has 0 saturated carbocycles. The number of halogens is 1. The van der Waals surface area contributed by atoms with Gasteiger partial charge in [-0.1, -0.05) is 19.1 Å². The van der Waals surface area contributed by atoms with Gasteiger partial charge < -0.3 is 10.4 Å². The molecule has 0 aliphatic heterocycles. The Kier molecular flexibility index (Phi) is 8.75. The summed E-state index contributed by atoms with van der Waals surface area (Å²) in [6.45, 7) is 8.04. The summed E-state index contributed by atoms with van der Waals surface area (Å²) >= 11 is 0. The van der Waals surface area contributed by atoms with Gasteiger partial charge in [0.05, 0.1) is 12.6 Å². The van der Waals surface area contributed by atoms with E-state index in [1.807, 2.05) is 39.0 Å². The first-order valence-corrected chi connectivity index (χ1v) is 7.19. The molecule has 0 aromatic heterocycles. The van der Waals surface area contributed by atoms with Crippen molar-refractivity contribution in [3.05, 3.63) is 29.3 Å². The molecular formula is C16H25ClN2O3. The number of hydrogen-bond acceptors (Lipinski definition) is 3. The van der Waals surface area contributed by atoms with E-state index >= 15 is 0 Å². The van der Waals surface area contributed by atoms with Crippen molar-refractivity contribution in [2.45, 2.75) is 40.2 Å². The SMILES string of the molecule is CCCN(CC(=O)O)C(C)C(=O)Nc1cc(C)ccc1C.Cl. The first kappa shape index (κ1) is 20.4. The molecule has 124 valence electrons. The summed E-state index contributed by atoms with van der Waals surface area (Å²) in [6, 6.07) is 5.38. The zero-order chi connectivity index (χ0) is 16.0. The van der Waals surface area contributed by atoms with Crippen LogP contribution in [0.25, 0.3) is 0 Å². The van der Waals surface area contributed by atoms with E-state index in [1.54, 1.807) is 11.8 Å². The van der Waals surface area contributed by atoms with Crippen molar-refractivity contribution < 1.29 is 14.7 Å². The minimum absolute atomic E-state index is 0. The molecule has 1 unspecified atom stereocenters. The Morgan fingerprint density at radius 1 is 1.32 bits per heavy atom. The lowest BCUT2D eigenvalue weighted by molar-refractivity contribution is -0.139. The van der Waals surface area contributed by atoms with E-state index in [-0.39, 0.29) is 24.9 Å². The largest absolute Gasteiger partial charge is 0.480 e. The van der Waals surface area contributed by atoms with E-state index in [0.29, 0.717) is 6.54 Å². The number of anilines is 1. The number of carboxylic acid groups (broad SMARTS) is 1. The van der Waals surface area contributed by atoms with E-state index in [0.717, 1.165) is 23.2 Å². The van der Waals surface area contributed by atoms with Gasteiger partial charge >= 0.3 is 5.97 Å². The highest BCUT2D eigenvalue weighted by atomic mass is 35.5. The molecule has 0 radical (unpaired) electrons. The Bertz CT molecular complexity index is 520. The standard InChI is InChI=1S/C16H24N2O3.ClH/c1-5-8-18(10-15(19)20)13(4)16(21)17-14-9-11(2)6-7-12(14)3;/h6-7,9,13H,5,8,10H2,1-4H3,(H,17,21)(H,19,20);1H. The normalized spacial score (nSPS) is 11.7. The Hall–Kier alpha value is -1.59. The van der Waals surface area contributed by atoms with Gasteiger partial charge in [0.1, 0.15) is 0 Å². The fourth-order valence-electron chi connectivity index (χ4n) is 2.14. The van der Waals surface area contributed by atoms with Crippen LogP contribution in [-0.4, -0.2) is 41.0 Å². The zero-order valence-corrected chi connectivity index (χ0v) is 14.4. The second kappa shape index (κ2) is 9.43. The molecule has 0 heterocycles. The quantitative estimate of drug-likeness (QED) is 0.807. The van der Waals surface area contributed by atoms with Gasteiger partial charge in [0.15, 0.2) is 0 Å². The van der Waals surface area contributed by atoms with Gasteiger partial charge in [0.2, 0.25) is 5.91 Å². The highest BCUT2D eigenvalue weighted by Crippen LogP contribution is 2.17. The van der Waals surface area contributed by atoms with Gasteiger partial charge in [-0.05, 0) is 50.9 Å². The molecule has 5 nitrogen and oxygen atoms in total. The van der Waals surface area contributed by atoms with E-state index in [9.17, 15) is 9.59 Å². The van der Waals surface area contributed by atoms with Crippen molar-refractivity contribution in [3.63, 3.8) is 0 Å². The number of rotatable bonds is 7. The summed E-state index contributed by atoms with van der Waals surface area (Å²) in [5.41, 5.74) is 2.83. The molecule has 0 spiro atoms. The van der Waals surface area contributed by atoms with Crippen molar-refractivity contribution in [2.75, 3.05) is 18.4 Å². The van der Waals surface area contributed by atoms with Crippen LogP contribution in [0.5, 0.6) is 0 Å². The number of nitrogens with one attached hydrogen (secondary N) is 1. The summed E-state index contributed by atoms with van der Waals surface area (Å²) in [4.78, 5) is 24.9. The molecule has 22 heavy (non-hydrogen) atoms. The number of nitrogens with zero attached hydrogens (tertiary/aromatic N) is 1. The number of carboxylic acids is 1. The number of amides is 1. The first-order chi connectivity index (χ1) is 9.85. The van der Waals surface area contributed by atoms with E-state index in [4.69, 9.17) is 5.11 Å². The van der Waals surface area contributed by atoms with E-state index < -0.39 is 12.0 Å². The molecule has 0 saturated heterocycles. The summed E-state index contributed by atoms with van der Waals surface area (Å²) in [7, 11) is 0. The topological polar surface area (TPSA) is 69.6 Å². The van der Waals surface area contributed by atoms with Gasteiger partial charge in [0.25, 0.3) is 0 Å². The molecule has 1 rings (SSSR count). The fourth-order valence-corrected chi connectivity index (χ4v) is 2.14. The van der Waals surface area contributed by atoms with Crippen molar-refractivity contribution in [1.29, 1.82) is 0 Å². The van der Waals surface area contributed by atoms with Gasteiger partial charge in [0, 0.05) is 5.69 Å². The lowest BCUT2D eigenvalue weighted by Gasteiger charge is -2.26. The lowest BCUT2D eigenvalue weighted by Crippen LogP contribution is -2.45. The highest BCUT2D eigenvalue weighted by Gasteiger charge is 2.23. The number of hydrogen-bond donors (Lipinski definition) is 2. The molecular weight excluding hydrogens is 304 g/mol. The fraction of sp³-hybridized carbons (Fsp3) is 0.500. The summed E-state index contributed by atoms with van der Waals surface area (Å²) in [5, 5.41) is 11.8. The lowest BCUT2D eigenvalue weighted by atomic mass is 10.1. The Morgan fingerprint density at radius 2 is 1.95 bits per heavy atom. The van der Waals surface area contributed by atoms with Gasteiger partial charge in [-0.15, -0.1) is 12.4 Å². The predicted octanol–water partition coefficient (Wildman–Crippen LogP) is 2.85. The maximum atomic E-state index is 12.3. The van der Waals surface area contributed by atoms with Gasteiger partial charge in [-0.2, -0.15) is 0 Å². The molecule has 1 aromatic rings. The van der Waals surface area contributed by atoms with Crippen LogP contribution in [-0.2, 0) is 9.59 Å². The minimum Gasteiger partial charge on any atom is -0.480 e. The first-order valence-electron chi connectivity index (χ1n) is 7.19. The second-order valence-corrected chi connectivity index (χ2v) is 5.35. The predicted molar refractivity (Wildman–Crippen MR) is 90.8 cm³/mol. The van der Waals surface area contributed by atoms with E-state index in [2.05, 4.69) is 5.32 Å². The third-order valence-corrected chi connectivity index (χ3v) is 3.43. The van der Waals surface area contributed by atoms with E-state index in [1.165, 1.54) is 0 Å². The molecule has 0 bridgehead atoms. The monoisotopic (exact) mass is 328 g/mol. The van der Waals surface area contributed by atoms with Crippen LogP contribution in [0.1, 0.15) is 31.4 Å². The Morgan fingerprint density at radius 3 is 2.50 bits per heavy atom. The summed E-state index contributed by atoms with van der Waals surface area (Å²) < 4.78 is 0. The van der Waals surface area contributed by atoms with Crippen LogP contribution in [0, 0.1) is 13.8 Å². The Labute approximate surface area is 138 Å². The minimum atomic E-state index is -0.921. The van der Waals surface area contributed by atoms with Crippen LogP contribution < -0.4 is 5.32 Å². The molecule has 2 N–H and O–H groups in total. The average Bonchev–Trinajstić information content (AvgIpc) is 2.41. The Balaban J connectivity index is 0.00000441. The molecule has 0 aliphatic rings. The highest BCUT2D eigenvalue weighted by molar-refractivity contribution is 5.95. The number of carbonyl (C=O) groups is 2. The second-order valence-electron chi connectivity index (χ2n) is 5.35. The zero-order valence-electron chi connectivity index (χ0n) is 13.5. The number of aryl methyl sites for hydroxylation is 2. The van der Waals surface area contributed by atoms with Crippen LogP contribution in [0.4, 0.5) is 5.69 Å². The average molecular weight is 329 g/mol. The van der Waals surface area contributed by atoms with Crippen molar-refractivity contribution >= 4 is 30.0 Å². The summed E-state index contributed by atoms with van der Waals surface area (Å²) in [6.07, 6.45) is 0.800. The van der Waals surface area contributed by atoms with Crippen LogP contribution in [0.15, 0.2) is 18.2 Å². The third kappa shape index (κ3) is 6.03. The van der Waals surface area contributed by atoms with Crippen molar-refractivity contribution in [3.8, 4) is 0 Å². The smallest absolute Gasteiger partial charge is 0.317 e. The molecule has 1 atom stereocenters. The summed E-state index contributed by atoms with van der Waals surface area (Å²) in [5.74, 6) is -1.10. The van der Waals surface area contributed by atoms with Gasteiger partial charge in [-0.25, -0.2) is 0 Å². The molecule has 1 aromatic carbocycles. The van der Waals surface area contributed by atoms with Crippen LogP contribution in [0.2, 0.25) is 0 Å². The van der Waals surface area contributed by atoms with Crippen LogP contribution in [0.3, 0.4) is 0 Å².